The van der Waals surface area contributed by atoms with Crippen molar-refractivity contribution in [2.24, 2.45) is 11.8 Å². The molecular formula is C14H16O4S. The summed E-state index contributed by atoms with van der Waals surface area (Å²) in [6.45, 7) is 4.05. The lowest BCUT2D eigenvalue weighted by Crippen LogP contribution is -2.34. The van der Waals surface area contributed by atoms with E-state index in [1.165, 1.54) is 0 Å². The quantitative estimate of drug-likeness (QED) is 0.789. The fourth-order valence-corrected chi connectivity index (χ4v) is 5.57. The van der Waals surface area contributed by atoms with Crippen molar-refractivity contribution >= 4 is 15.8 Å². The van der Waals surface area contributed by atoms with Crippen molar-refractivity contribution < 1.29 is 17.9 Å². The van der Waals surface area contributed by atoms with Crippen LogP contribution >= 0.6 is 0 Å². The molecule has 102 valence electrons. The summed E-state index contributed by atoms with van der Waals surface area (Å²) < 4.78 is 29.0. The highest BCUT2D eigenvalue weighted by Crippen LogP contribution is 2.61. The minimum atomic E-state index is -3.66. The lowest BCUT2D eigenvalue weighted by molar-refractivity contribution is -0.140. The third kappa shape index (κ3) is 1.39. The van der Waals surface area contributed by atoms with Gasteiger partial charge in [0.1, 0.15) is 0 Å². The minimum absolute atomic E-state index is 0.149. The van der Waals surface area contributed by atoms with Crippen molar-refractivity contribution in [2.45, 2.75) is 29.9 Å². The molecule has 0 amide bonds. The van der Waals surface area contributed by atoms with E-state index in [0.717, 1.165) is 12.0 Å². The number of carbonyl (C=O) groups is 1. The lowest BCUT2D eigenvalue weighted by Gasteiger charge is -2.13. The molecule has 1 aromatic carbocycles. The van der Waals surface area contributed by atoms with Gasteiger partial charge in [0.25, 0.3) is 0 Å². The van der Waals surface area contributed by atoms with Crippen LogP contribution in [0.1, 0.15) is 19.4 Å². The molecule has 0 radical (unpaired) electrons. The van der Waals surface area contributed by atoms with Crippen molar-refractivity contribution in [3.05, 3.63) is 29.8 Å². The molecule has 1 aliphatic heterocycles. The van der Waals surface area contributed by atoms with Gasteiger partial charge in [0, 0.05) is 5.92 Å². The van der Waals surface area contributed by atoms with Crippen molar-refractivity contribution in [1.29, 1.82) is 0 Å². The smallest absolute Gasteiger partial charge is 0.328 e. The van der Waals surface area contributed by atoms with E-state index in [2.05, 4.69) is 0 Å². The lowest BCUT2D eigenvalue weighted by atomic mass is 10.2. The molecule has 1 saturated heterocycles. The molecule has 0 spiro atoms. The van der Waals surface area contributed by atoms with Gasteiger partial charge < -0.3 is 4.74 Å². The summed E-state index contributed by atoms with van der Waals surface area (Å²) >= 11 is 0. The number of hydrogen-bond acceptors (Lipinski definition) is 4. The van der Waals surface area contributed by atoms with Crippen LogP contribution in [-0.4, -0.2) is 25.7 Å². The first kappa shape index (κ1) is 12.7. The van der Waals surface area contributed by atoms with Gasteiger partial charge in [-0.25, -0.2) is 8.42 Å². The second-order valence-electron chi connectivity index (χ2n) is 5.29. The third-order valence-electron chi connectivity index (χ3n) is 4.52. The van der Waals surface area contributed by atoms with Gasteiger partial charge in [0.2, 0.25) is 0 Å². The van der Waals surface area contributed by atoms with E-state index in [1.54, 1.807) is 24.3 Å². The Balaban J connectivity index is 2.06. The molecule has 3 rings (SSSR count). The largest absolute Gasteiger partial charge is 0.464 e. The first-order valence-corrected chi connectivity index (χ1v) is 7.95. The second kappa shape index (κ2) is 3.82. The summed E-state index contributed by atoms with van der Waals surface area (Å²) in [7, 11) is -3.66. The molecule has 3 atom stereocenters. The Morgan fingerprint density at radius 2 is 1.95 bits per heavy atom. The molecule has 0 aromatic heterocycles. The van der Waals surface area contributed by atoms with Crippen molar-refractivity contribution in [1.82, 2.24) is 0 Å². The Hall–Kier alpha value is -1.36. The fraction of sp³-hybridized carbons (Fsp3) is 0.500. The number of benzene rings is 1. The number of cyclic esters (lactones) is 1. The molecule has 5 heteroatoms. The summed E-state index contributed by atoms with van der Waals surface area (Å²) in [5.74, 6) is -0.912. The standard InChI is InChI=1S/C14H16O4S/c1-3-10-4-6-11(7-5-10)19(16,17)14-9(2)12(14)8-18-13(14)15/h4-7,9,12H,3,8H2,1-2H3/t9-,12?,14?/m0/s1. The molecular weight excluding hydrogens is 264 g/mol. The average Bonchev–Trinajstić information content (AvgIpc) is 2.84. The molecule has 1 aliphatic carbocycles. The fourth-order valence-electron chi connectivity index (χ4n) is 3.15. The van der Waals surface area contributed by atoms with E-state index in [-0.39, 0.29) is 23.3 Å². The van der Waals surface area contributed by atoms with Gasteiger partial charge in [-0.1, -0.05) is 26.0 Å². The van der Waals surface area contributed by atoms with Crippen LogP contribution in [0, 0.1) is 11.8 Å². The zero-order valence-electron chi connectivity index (χ0n) is 10.9. The molecule has 0 bridgehead atoms. The molecule has 19 heavy (non-hydrogen) atoms. The van der Waals surface area contributed by atoms with Crippen LogP contribution in [0.2, 0.25) is 0 Å². The summed E-state index contributed by atoms with van der Waals surface area (Å²) in [6, 6.07) is 6.78. The first-order chi connectivity index (χ1) is 8.96. The average molecular weight is 280 g/mol. The van der Waals surface area contributed by atoms with Crippen LogP contribution in [0.5, 0.6) is 0 Å². The molecule has 2 fully saturated rings. The minimum Gasteiger partial charge on any atom is -0.464 e. The summed E-state index contributed by atoms with van der Waals surface area (Å²) in [6.07, 6.45) is 0.854. The van der Waals surface area contributed by atoms with Crippen LogP contribution in [0.4, 0.5) is 0 Å². The van der Waals surface area contributed by atoms with Crippen LogP contribution < -0.4 is 0 Å². The van der Waals surface area contributed by atoms with Crippen LogP contribution in [0.3, 0.4) is 0 Å². The van der Waals surface area contributed by atoms with Gasteiger partial charge in [-0.05, 0) is 30.0 Å². The number of hydrogen-bond donors (Lipinski definition) is 0. The summed E-state index contributed by atoms with van der Waals surface area (Å²) in [4.78, 5) is 12.1. The zero-order valence-corrected chi connectivity index (χ0v) is 11.7. The van der Waals surface area contributed by atoms with Crippen molar-refractivity contribution in [3.63, 3.8) is 0 Å². The Morgan fingerprint density at radius 3 is 2.42 bits per heavy atom. The molecule has 1 heterocycles. The van der Waals surface area contributed by atoms with E-state index in [1.807, 2.05) is 13.8 Å². The topological polar surface area (TPSA) is 60.4 Å². The molecule has 4 nitrogen and oxygen atoms in total. The maximum Gasteiger partial charge on any atom is 0.328 e. The van der Waals surface area contributed by atoms with Gasteiger partial charge in [-0.2, -0.15) is 0 Å². The monoisotopic (exact) mass is 280 g/mol. The number of rotatable bonds is 3. The van der Waals surface area contributed by atoms with Gasteiger partial charge in [0.05, 0.1) is 11.5 Å². The van der Waals surface area contributed by atoms with Gasteiger partial charge >= 0.3 is 5.97 Å². The molecule has 2 unspecified atom stereocenters. The molecule has 0 N–H and O–H groups in total. The third-order valence-corrected chi connectivity index (χ3v) is 7.14. The highest BCUT2D eigenvalue weighted by Gasteiger charge is 2.80. The predicted octanol–water partition coefficient (Wildman–Crippen LogP) is 1.58. The van der Waals surface area contributed by atoms with Crippen molar-refractivity contribution in [3.8, 4) is 0 Å². The van der Waals surface area contributed by atoms with Crippen LogP contribution in [-0.2, 0) is 25.8 Å². The Morgan fingerprint density at radius 1 is 1.32 bits per heavy atom. The Kier molecular flexibility index (Phi) is 2.55. The van der Waals surface area contributed by atoms with E-state index < -0.39 is 20.6 Å². The highest BCUT2D eigenvalue weighted by molar-refractivity contribution is 7.94. The maximum absolute atomic E-state index is 12.7. The first-order valence-electron chi connectivity index (χ1n) is 6.47. The van der Waals surface area contributed by atoms with E-state index in [9.17, 15) is 13.2 Å². The Labute approximate surface area is 112 Å². The van der Waals surface area contributed by atoms with Crippen molar-refractivity contribution in [2.75, 3.05) is 6.61 Å². The number of aryl methyl sites for hydroxylation is 1. The molecule has 1 saturated carbocycles. The predicted molar refractivity (Wildman–Crippen MR) is 69.3 cm³/mol. The maximum atomic E-state index is 12.7. The SMILES string of the molecule is CCc1ccc(S(=O)(=O)C23C(=O)OCC2[C@@H]3C)cc1. The number of esters is 1. The molecule has 2 aliphatic rings. The second-order valence-corrected chi connectivity index (χ2v) is 7.44. The number of fused-ring (bicyclic) bond motifs is 1. The summed E-state index contributed by atoms with van der Waals surface area (Å²) in [5, 5.41) is 0. The van der Waals surface area contributed by atoms with E-state index >= 15 is 0 Å². The zero-order chi connectivity index (χ0) is 13.8. The van der Waals surface area contributed by atoms with E-state index in [0.29, 0.717) is 0 Å². The van der Waals surface area contributed by atoms with Gasteiger partial charge in [0.15, 0.2) is 14.6 Å². The normalized spacial score (nSPS) is 32.8. The molecule has 1 aromatic rings. The number of carbonyl (C=O) groups excluding carboxylic acids is 1. The van der Waals surface area contributed by atoms with E-state index in [4.69, 9.17) is 4.74 Å². The number of ether oxygens (including phenoxy) is 1. The van der Waals surface area contributed by atoms with Crippen LogP contribution in [0.15, 0.2) is 29.2 Å². The van der Waals surface area contributed by atoms with Gasteiger partial charge in [-0.15, -0.1) is 0 Å². The highest BCUT2D eigenvalue weighted by atomic mass is 32.2. The van der Waals surface area contributed by atoms with Crippen LogP contribution in [0.25, 0.3) is 0 Å². The Bertz CT molecular complexity index is 632. The van der Waals surface area contributed by atoms with Gasteiger partial charge in [-0.3, -0.25) is 4.79 Å². The number of sulfone groups is 1. The summed E-state index contributed by atoms with van der Waals surface area (Å²) in [5.41, 5.74) is 1.07.